The monoisotopic (exact) mass is 390 g/mol. The highest BCUT2D eigenvalue weighted by atomic mass is 19.4. The Labute approximate surface area is 149 Å². The Bertz CT molecular complexity index is 716. The van der Waals surface area contributed by atoms with E-state index in [1.165, 1.54) is 36.4 Å². The first-order valence-electron chi connectivity index (χ1n) is 6.86. The van der Waals surface area contributed by atoms with Crippen LogP contribution in [0.2, 0.25) is 0 Å². The molecule has 0 fully saturated rings. The third kappa shape index (κ3) is 5.37. The molecule has 0 atom stereocenters. The van der Waals surface area contributed by atoms with Crippen molar-refractivity contribution in [3.05, 3.63) is 71.8 Å². The molecular formula is C17H12F6N2O2. The summed E-state index contributed by atoms with van der Waals surface area (Å²) in [6, 6.07) is 11.3. The molecule has 0 unspecified atom stereocenters. The fourth-order valence-electron chi connectivity index (χ4n) is 2.06. The van der Waals surface area contributed by atoms with Gasteiger partial charge in [0.15, 0.2) is 0 Å². The molecule has 2 rings (SSSR count). The van der Waals surface area contributed by atoms with E-state index in [0.717, 1.165) is 36.4 Å². The average Bonchev–Trinajstić information content (AvgIpc) is 2.63. The Hall–Kier alpha value is -3.22. The van der Waals surface area contributed by atoms with Crippen molar-refractivity contribution in [3.8, 4) is 0 Å². The second-order valence-corrected chi connectivity index (χ2v) is 4.67. The van der Waals surface area contributed by atoms with Gasteiger partial charge in [0.2, 0.25) is 17.8 Å². The summed E-state index contributed by atoms with van der Waals surface area (Å²) in [4.78, 5) is 16.7. The highest BCUT2D eigenvalue weighted by molar-refractivity contribution is 5.39. The molecule has 2 aromatic carbocycles. The number of hydrogen-bond acceptors (Lipinski definition) is 4. The number of alkyl halides is 6. The lowest BCUT2D eigenvalue weighted by molar-refractivity contribution is -0.323. The summed E-state index contributed by atoms with van der Waals surface area (Å²) < 4.78 is 80.9. The van der Waals surface area contributed by atoms with E-state index in [0.29, 0.717) is 0 Å². The molecule has 0 saturated carbocycles. The van der Waals surface area contributed by atoms with Crippen molar-refractivity contribution in [1.29, 1.82) is 10.8 Å². The van der Waals surface area contributed by atoms with E-state index in [4.69, 9.17) is 20.4 Å². The number of rotatable bonds is 3. The zero-order chi connectivity index (χ0) is 21.1. The van der Waals surface area contributed by atoms with Gasteiger partial charge in [0, 0.05) is 11.1 Å². The minimum atomic E-state index is -6.02. The van der Waals surface area contributed by atoms with Gasteiger partial charge in [-0.05, 0) is 0 Å². The van der Waals surface area contributed by atoms with Crippen LogP contribution >= 0.6 is 0 Å². The highest BCUT2D eigenvalue weighted by Gasteiger charge is 2.72. The van der Waals surface area contributed by atoms with Crippen LogP contribution in [0.3, 0.4) is 0 Å². The zero-order valence-electron chi connectivity index (χ0n) is 13.4. The summed E-state index contributed by atoms with van der Waals surface area (Å²) in [5, 5.41) is 10.8. The van der Waals surface area contributed by atoms with Gasteiger partial charge in [0.25, 0.3) is 0 Å². The van der Waals surface area contributed by atoms with Gasteiger partial charge in [-0.25, -0.2) is 24.8 Å². The van der Waals surface area contributed by atoms with E-state index in [9.17, 15) is 22.0 Å². The zero-order valence-corrected chi connectivity index (χ0v) is 13.4. The molecule has 0 aliphatic carbocycles. The van der Waals surface area contributed by atoms with Crippen LogP contribution in [-0.2, 0) is 15.3 Å². The smallest absolute Gasteiger partial charge is 0.226 e. The van der Waals surface area contributed by atoms with Gasteiger partial charge in [-0.1, -0.05) is 60.7 Å². The number of hydrogen-bond donors (Lipinski definition) is 2. The first kappa shape index (κ1) is 23.8. The number of carbonyl (C=O) groups excluding carboxylic acids is 2. The van der Waals surface area contributed by atoms with Gasteiger partial charge in [-0.2, -0.15) is 22.0 Å². The third-order valence-electron chi connectivity index (χ3n) is 3.13. The Balaban J connectivity index is 0.000000997. The predicted molar refractivity (Wildman–Crippen MR) is 82.6 cm³/mol. The molecule has 2 aromatic rings. The van der Waals surface area contributed by atoms with E-state index >= 15 is 4.39 Å². The standard InChI is InChI=1S/C15H10F6.2CHNO/c16-13(11-7-3-1-4-8-11,12-9-5-2-6-10-12)14(17,18)15(19,20)21;2*2-1-3/h1-10H;2*2H. The van der Waals surface area contributed by atoms with Crippen LogP contribution in [0.4, 0.5) is 26.3 Å². The summed E-state index contributed by atoms with van der Waals surface area (Å²) in [7, 11) is 0. The van der Waals surface area contributed by atoms with Crippen molar-refractivity contribution in [2.75, 3.05) is 0 Å². The topological polar surface area (TPSA) is 81.8 Å². The third-order valence-corrected chi connectivity index (χ3v) is 3.13. The van der Waals surface area contributed by atoms with Crippen LogP contribution < -0.4 is 0 Å². The number of halogens is 6. The first-order valence-corrected chi connectivity index (χ1v) is 6.86. The molecule has 4 nitrogen and oxygen atoms in total. The van der Waals surface area contributed by atoms with E-state index in [-0.39, 0.29) is 0 Å². The van der Waals surface area contributed by atoms with Gasteiger partial charge < -0.3 is 0 Å². The number of isocyanates is 2. The maximum atomic E-state index is 15.1. The molecule has 0 radical (unpaired) electrons. The van der Waals surface area contributed by atoms with E-state index in [2.05, 4.69) is 0 Å². The van der Waals surface area contributed by atoms with E-state index in [1.807, 2.05) is 0 Å². The van der Waals surface area contributed by atoms with Gasteiger partial charge in [-0.15, -0.1) is 0 Å². The molecule has 2 N–H and O–H groups in total. The summed E-state index contributed by atoms with van der Waals surface area (Å²) in [5.41, 5.74) is -5.50. The molecule has 0 amide bonds. The van der Waals surface area contributed by atoms with Crippen LogP contribution in [0.5, 0.6) is 0 Å². The fraction of sp³-hybridized carbons (Fsp3) is 0.176. The lowest BCUT2D eigenvalue weighted by atomic mass is 9.82. The van der Waals surface area contributed by atoms with Crippen LogP contribution in [0.1, 0.15) is 11.1 Å². The lowest BCUT2D eigenvalue weighted by Gasteiger charge is -2.35. The normalized spacial score (nSPS) is 10.9. The van der Waals surface area contributed by atoms with E-state index < -0.39 is 28.9 Å². The van der Waals surface area contributed by atoms with Gasteiger partial charge >= 0.3 is 12.1 Å². The minimum Gasteiger partial charge on any atom is -0.226 e. The summed E-state index contributed by atoms with van der Waals surface area (Å²) in [5.74, 6) is -5.57. The first-order chi connectivity index (χ1) is 12.5. The average molecular weight is 390 g/mol. The molecule has 27 heavy (non-hydrogen) atoms. The molecule has 0 aliphatic rings. The molecular weight excluding hydrogens is 378 g/mol. The maximum absolute atomic E-state index is 15.1. The Morgan fingerprint density at radius 1 is 0.630 bits per heavy atom. The van der Waals surface area contributed by atoms with Crippen molar-refractivity contribution in [2.45, 2.75) is 17.8 Å². The fourth-order valence-corrected chi connectivity index (χ4v) is 2.06. The molecule has 0 aliphatic heterocycles. The molecule has 10 heteroatoms. The molecule has 144 valence electrons. The Morgan fingerprint density at radius 2 is 0.889 bits per heavy atom. The van der Waals surface area contributed by atoms with Gasteiger partial charge in [0.1, 0.15) is 0 Å². The summed E-state index contributed by atoms with van der Waals surface area (Å²) in [6.07, 6.45) is -4.52. The van der Waals surface area contributed by atoms with Crippen molar-refractivity contribution >= 4 is 12.2 Å². The van der Waals surface area contributed by atoms with Gasteiger partial charge in [0.05, 0.1) is 0 Å². The SMILES string of the molecule is FC(F)(F)C(F)(F)C(F)(c1ccccc1)c1ccccc1.N=C=O.N=C=O. The largest absolute Gasteiger partial charge is 0.457 e. The maximum Gasteiger partial charge on any atom is 0.457 e. The second-order valence-electron chi connectivity index (χ2n) is 4.67. The van der Waals surface area contributed by atoms with Crippen LogP contribution in [0.15, 0.2) is 60.7 Å². The van der Waals surface area contributed by atoms with Crippen molar-refractivity contribution < 1.29 is 35.9 Å². The van der Waals surface area contributed by atoms with Crippen LogP contribution in [0.25, 0.3) is 0 Å². The number of benzene rings is 2. The summed E-state index contributed by atoms with van der Waals surface area (Å²) >= 11 is 0. The van der Waals surface area contributed by atoms with Crippen molar-refractivity contribution in [1.82, 2.24) is 0 Å². The molecule has 0 spiro atoms. The minimum absolute atomic E-state index is 0.750. The molecule has 0 saturated heterocycles. The second kappa shape index (κ2) is 10.1. The Kier molecular flexibility index (Phi) is 8.86. The molecule has 0 aromatic heterocycles. The van der Waals surface area contributed by atoms with E-state index in [1.54, 1.807) is 0 Å². The summed E-state index contributed by atoms with van der Waals surface area (Å²) in [6.45, 7) is 0. The number of nitrogens with one attached hydrogen (secondary N) is 2. The van der Waals surface area contributed by atoms with Crippen LogP contribution in [0, 0.1) is 10.8 Å². The molecule has 0 bridgehead atoms. The highest BCUT2D eigenvalue weighted by Crippen LogP contribution is 2.54. The van der Waals surface area contributed by atoms with Crippen molar-refractivity contribution in [3.63, 3.8) is 0 Å². The van der Waals surface area contributed by atoms with Gasteiger partial charge in [-0.3, -0.25) is 0 Å². The molecule has 0 heterocycles. The van der Waals surface area contributed by atoms with Crippen molar-refractivity contribution in [2.24, 2.45) is 0 Å². The predicted octanol–water partition coefficient (Wildman–Crippen LogP) is 4.90. The lowest BCUT2D eigenvalue weighted by Crippen LogP contribution is -2.53. The van der Waals surface area contributed by atoms with Crippen LogP contribution in [-0.4, -0.2) is 24.3 Å². The quantitative estimate of drug-likeness (QED) is 0.444. The Morgan fingerprint density at radius 3 is 1.11 bits per heavy atom.